The van der Waals surface area contributed by atoms with Crippen LogP contribution in [0.25, 0.3) is 0 Å². The Morgan fingerprint density at radius 1 is 1.23 bits per heavy atom. The quantitative estimate of drug-likeness (QED) is 0.631. The van der Waals surface area contributed by atoms with Gasteiger partial charge in [0.25, 0.3) is 0 Å². The Balaban J connectivity index is 1.68. The zero-order valence-corrected chi connectivity index (χ0v) is 16.8. The molecule has 1 spiro atoms. The number of rotatable bonds is 5. The summed E-state index contributed by atoms with van der Waals surface area (Å²) in [5.74, 6) is 0.973. The zero-order valence-electron chi connectivity index (χ0n) is 16.0. The Morgan fingerprint density at radius 2 is 1.92 bits per heavy atom. The minimum absolute atomic E-state index is 0.314. The fraction of sp³-hybridized carbons (Fsp3) is 0.632. The molecule has 0 amide bonds. The molecule has 1 aromatic rings. The minimum atomic E-state index is -3.38. The molecule has 0 bridgehead atoms. The molecule has 1 heterocycles. The maximum absolute atomic E-state index is 12.1. The lowest BCUT2D eigenvalue weighted by molar-refractivity contribution is 0.151. The molecule has 1 aromatic carbocycles. The summed E-state index contributed by atoms with van der Waals surface area (Å²) in [6.07, 6.45) is 5.34. The number of nitrogens with zero attached hydrogens (tertiary/aromatic N) is 3. The van der Waals surface area contributed by atoms with Gasteiger partial charge in [0.05, 0.1) is 11.4 Å². The molecule has 1 aliphatic carbocycles. The predicted molar refractivity (Wildman–Crippen MR) is 105 cm³/mol. The van der Waals surface area contributed by atoms with E-state index in [4.69, 9.17) is 4.99 Å². The molecule has 2 fully saturated rings. The molecule has 2 aliphatic rings. The van der Waals surface area contributed by atoms with Crippen LogP contribution < -0.4 is 5.32 Å². The van der Waals surface area contributed by atoms with E-state index in [2.05, 4.69) is 17.1 Å². The molecule has 144 valence electrons. The Kier molecular flexibility index (Phi) is 5.58. The number of hydrogen-bond acceptors (Lipinski definition) is 3. The van der Waals surface area contributed by atoms with Gasteiger partial charge in [0.1, 0.15) is 0 Å². The van der Waals surface area contributed by atoms with Crippen LogP contribution in [0.1, 0.15) is 38.2 Å². The summed E-state index contributed by atoms with van der Waals surface area (Å²) in [6.45, 7) is 5.67. The van der Waals surface area contributed by atoms with Crippen molar-refractivity contribution in [2.75, 3.05) is 33.7 Å². The van der Waals surface area contributed by atoms with Crippen molar-refractivity contribution in [2.24, 2.45) is 10.4 Å². The van der Waals surface area contributed by atoms with E-state index >= 15 is 0 Å². The number of benzene rings is 1. The molecule has 3 rings (SSSR count). The Hall–Kier alpha value is -1.60. The summed E-state index contributed by atoms with van der Waals surface area (Å²) in [4.78, 5) is 7.48. The number of nitrogens with one attached hydrogen (secondary N) is 1. The predicted octanol–water partition coefficient (Wildman–Crippen LogP) is 2.28. The maximum atomic E-state index is 12.1. The smallest absolute Gasteiger partial charge is 0.242 e. The van der Waals surface area contributed by atoms with E-state index in [1.54, 1.807) is 26.2 Å². The summed E-state index contributed by atoms with van der Waals surface area (Å²) < 4.78 is 25.5. The summed E-state index contributed by atoms with van der Waals surface area (Å²) in [7, 11) is -0.294. The highest BCUT2D eigenvalue weighted by Gasteiger charge is 2.43. The number of hydrogen-bond donors (Lipinski definition) is 1. The van der Waals surface area contributed by atoms with Gasteiger partial charge in [-0.25, -0.2) is 17.7 Å². The molecule has 0 radical (unpaired) electrons. The molecule has 0 atom stereocenters. The fourth-order valence-electron chi connectivity index (χ4n) is 3.77. The first kappa shape index (κ1) is 19.2. The number of likely N-dealkylation sites (tertiary alicyclic amines) is 1. The molecular formula is C19H30N4O2S. The van der Waals surface area contributed by atoms with Gasteiger partial charge in [-0.2, -0.15) is 0 Å². The number of aliphatic imine (C=N–C) groups is 1. The first-order valence-electron chi connectivity index (χ1n) is 9.41. The van der Waals surface area contributed by atoms with Crippen LogP contribution >= 0.6 is 0 Å². The van der Waals surface area contributed by atoms with Gasteiger partial charge in [-0.15, -0.1) is 0 Å². The van der Waals surface area contributed by atoms with E-state index in [1.807, 2.05) is 12.1 Å². The standard InChI is InChI=1S/C19H30N4O2S/c1-4-20-18(23-13-12-19(15-23)10-5-11-19)21-14-16-6-8-17(9-7-16)26(24,25)22(2)3/h6-9H,4-5,10-15H2,1-3H3,(H,20,21). The Bertz CT molecular complexity index is 752. The Morgan fingerprint density at radius 3 is 2.42 bits per heavy atom. The van der Waals surface area contributed by atoms with Crippen LogP contribution in [-0.4, -0.2) is 57.3 Å². The lowest BCUT2D eigenvalue weighted by Crippen LogP contribution is -2.42. The van der Waals surface area contributed by atoms with Crippen LogP contribution in [0.15, 0.2) is 34.2 Å². The summed E-state index contributed by atoms with van der Waals surface area (Å²) in [6, 6.07) is 7.01. The monoisotopic (exact) mass is 378 g/mol. The highest BCUT2D eigenvalue weighted by atomic mass is 32.2. The van der Waals surface area contributed by atoms with Gasteiger partial charge in [-0.05, 0) is 49.3 Å². The highest BCUT2D eigenvalue weighted by molar-refractivity contribution is 7.89. The maximum Gasteiger partial charge on any atom is 0.242 e. The third kappa shape index (κ3) is 3.88. The van der Waals surface area contributed by atoms with E-state index in [0.29, 0.717) is 16.9 Å². The van der Waals surface area contributed by atoms with E-state index in [0.717, 1.165) is 31.2 Å². The normalized spacial score (nSPS) is 19.8. The summed E-state index contributed by atoms with van der Waals surface area (Å²) in [5, 5.41) is 3.40. The second kappa shape index (κ2) is 7.56. The first-order valence-corrected chi connectivity index (χ1v) is 10.9. The molecule has 1 aliphatic heterocycles. The second-order valence-corrected chi connectivity index (χ2v) is 9.78. The molecule has 1 saturated carbocycles. The molecule has 0 aromatic heterocycles. The summed E-state index contributed by atoms with van der Waals surface area (Å²) >= 11 is 0. The van der Waals surface area contributed by atoms with Crippen molar-refractivity contribution < 1.29 is 8.42 Å². The minimum Gasteiger partial charge on any atom is -0.357 e. The van der Waals surface area contributed by atoms with Gasteiger partial charge in [0, 0.05) is 33.7 Å². The van der Waals surface area contributed by atoms with Gasteiger partial charge in [-0.1, -0.05) is 18.6 Å². The number of sulfonamides is 1. The van der Waals surface area contributed by atoms with Gasteiger partial charge >= 0.3 is 0 Å². The van der Waals surface area contributed by atoms with Crippen molar-refractivity contribution in [1.82, 2.24) is 14.5 Å². The SMILES string of the molecule is CCNC(=NCc1ccc(S(=O)(=O)N(C)C)cc1)N1CCC2(CCC2)C1. The second-order valence-electron chi connectivity index (χ2n) is 7.63. The third-order valence-electron chi connectivity index (χ3n) is 5.60. The fourth-order valence-corrected chi connectivity index (χ4v) is 4.67. The summed E-state index contributed by atoms with van der Waals surface area (Å²) in [5.41, 5.74) is 1.55. The van der Waals surface area contributed by atoms with E-state index in [-0.39, 0.29) is 0 Å². The third-order valence-corrected chi connectivity index (χ3v) is 7.43. The van der Waals surface area contributed by atoms with Crippen LogP contribution in [0.5, 0.6) is 0 Å². The zero-order chi connectivity index (χ0) is 18.8. The van der Waals surface area contributed by atoms with Crippen LogP contribution in [0.3, 0.4) is 0 Å². The largest absolute Gasteiger partial charge is 0.357 e. The van der Waals surface area contributed by atoms with Crippen molar-refractivity contribution in [3.05, 3.63) is 29.8 Å². The average molecular weight is 379 g/mol. The van der Waals surface area contributed by atoms with Crippen molar-refractivity contribution in [3.63, 3.8) is 0 Å². The molecule has 0 unspecified atom stereocenters. The molecular weight excluding hydrogens is 348 g/mol. The molecule has 6 nitrogen and oxygen atoms in total. The lowest BCUT2D eigenvalue weighted by Gasteiger charge is -2.38. The topological polar surface area (TPSA) is 65.0 Å². The van der Waals surface area contributed by atoms with E-state index in [9.17, 15) is 8.42 Å². The van der Waals surface area contributed by atoms with Crippen molar-refractivity contribution >= 4 is 16.0 Å². The molecule has 1 saturated heterocycles. The van der Waals surface area contributed by atoms with Crippen LogP contribution in [0.4, 0.5) is 0 Å². The van der Waals surface area contributed by atoms with Gasteiger partial charge in [0.15, 0.2) is 5.96 Å². The van der Waals surface area contributed by atoms with E-state index in [1.165, 1.54) is 30.0 Å². The lowest BCUT2D eigenvalue weighted by atomic mass is 9.68. The van der Waals surface area contributed by atoms with Crippen molar-refractivity contribution in [1.29, 1.82) is 0 Å². The van der Waals surface area contributed by atoms with Gasteiger partial charge < -0.3 is 10.2 Å². The molecule has 1 N–H and O–H groups in total. The van der Waals surface area contributed by atoms with Crippen molar-refractivity contribution in [3.8, 4) is 0 Å². The van der Waals surface area contributed by atoms with Gasteiger partial charge in [-0.3, -0.25) is 0 Å². The average Bonchev–Trinajstić information content (AvgIpc) is 3.05. The van der Waals surface area contributed by atoms with Crippen molar-refractivity contribution in [2.45, 2.75) is 44.0 Å². The highest BCUT2D eigenvalue weighted by Crippen LogP contribution is 2.47. The first-order chi connectivity index (χ1) is 12.4. The molecule has 7 heteroatoms. The number of guanidine groups is 1. The molecule has 26 heavy (non-hydrogen) atoms. The Labute approximate surface area is 157 Å². The van der Waals surface area contributed by atoms with Crippen LogP contribution in [-0.2, 0) is 16.6 Å². The van der Waals surface area contributed by atoms with Crippen LogP contribution in [0, 0.1) is 5.41 Å². The van der Waals surface area contributed by atoms with Crippen LogP contribution in [0.2, 0.25) is 0 Å². The van der Waals surface area contributed by atoms with Gasteiger partial charge in [0.2, 0.25) is 10.0 Å². The van der Waals surface area contributed by atoms with E-state index < -0.39 is 10.0 Å².